The Kier molecular flexibility index (Phi) is 9.77. The maximum Gasteiger partial charge on any atom is 0.274 e. The molecule has 0 radical (unpaired) electrons. The molecule has 3 rings (SSSR count). The highest BCUT2D eigenvalue weighted by Crippen LogP contribution is 2.14. The Bertz CT molecular complexity index is 867. The highest BCUT2D eigenvalue weighted by Gasteiger charge is 2.22. The number of piperidine rings is 1. The lowest BCUT2D eigenvalue weighted by molar-refractivity contribution is -0.122. The van der Waals surface area contributed by atoms with Crippen LogP contribution >= 0.6 is 0 Å². The number of carbonyl (C=O) groups excluding carboxylic acids is 2. The van der Waals surface area contributed by atoms with Crippen LogP contribution in [0.25, 0.3) is 0 Å². The first-order chi connectivity index (χ1) is 16.0. The van der Waals surface area contributed by atoms with Crippen LogP contribution in [0.2, 0.25) is 0 Å². The maximum absolute atomic E-state index is 12.9. The SMILES string of the molecule is COCCCN(CCC(=O)NC1CCN(Cc2ccccc2)CC1)C(=O)c1cnc(C)cn1. The maximum atomic E-state index is 12.9. The predicted octanol–water partition coefficient (Wildman–Crippen LogP) is 2.43. The summed E-state index contributed by atoms with van der Waals surface area (Å²) < 4.78 is 5.12. The molecule has 2 aromatic rings. The van der Waals surface area contributed by atoms with Crippen LogP contribution in [0.15, 0.2) is 42.7 Å². The molecule has 1 fully saturated rings. The van der Waals surface area contributed by atoms with Crippen molar-refractivity contribution in [2.75, 3.05) is 39.9 Å². The molecular formula is C25H35N5O3. The zero-order valence-corrected chi connectivity index (χ0v) is 19.7. The Balaban J connectivity index is 1.44. The number of methoxy groups -OCH3 is 1. The van der Waals surface area contributed by atoms with E-state index < -0.39 is 0 Å². The summed E-state index contributed by atoms with van der Waals surface area (Å²) in [5.74, 6) is -0.225. The summed E-state index contributed by atoms with van der Waals surface area (Å²) in [6.45, 7) is 6.11. The summed E-state index contributed by atoms with van der Waals surface area (Å²) >= 11 is 0. The van der Waals surface area contributed by atoms with Gasteiger partial charge in [-0.1, -0.05) is 30.3 Å². The van der Waals surface area contributed by atoms with Crippen molar-refractivity contribution < 1.29 is 14.3 Å². The number of benzene rings is 1. The van der Waals surface area contributed by atoms with Crippen molar-refractivity contribution >= 4 is 11.8 Å². The van der Waals surface area contributed by atoms with Gasteiger partial charge in [0, 0.05) is 65.1 Å². The second kappa shape index (κ2) is 13.0. The second-order valence-electron chi connectivity index (χ2n) is 8.54. The summed E-state index contributed by atoms with van der Waals surface area (Å²) in [7, 11) is 1.64. The first kappa shape index (κ1) is 24.8. The molecule has 0 spiro atoms. The standard InChI is InChI=1S/C25H35N5O3/c1-20-17-27-23(18-26-20)25(32)30(12-6-16-33-2)15-11-24(31)28-22-9-13-29(14-10-22)19-21-7-4-3-5-8-21/h3-5,7-8,17-18,22H,6,9-16,19H2,1-2H3,(H,28,31). The van der Waals surface area contributed by atoms with E-state index in [2.05, 4.69) is 44.5 Å². The lowest BCUT2D eigenvalue weighted by Gasteiger charge is -2.32. The number of carbonyl (C=O) groups is 2. The van der Waals surface area contributed by atoms with Crippen molar-refractivity contribution in [2.45, 2.75) is 45.2 Å². The largest absolute Gasteiger partial charge is 0.385 e. The molecule has 33 heavy (non-hydrogen) atoms. The molecule has 8 heteroatoms. The molecule has 2 heterocycles. The van der Waals surface area contributed by atoms with Crippen LogP contribution in [0.5, 0.6) is 0 Å². The number of amides is 2. The fraction of sp³-hybridized carbons (Fsp3) is 0.520. The average Bonchev–Trinajstić information content (AvgIpc) is 2.83. The number of ether oxygens (including phenoxy) is 1. The van der Waals surface area contributed by atoms with E-state index in [4.69, 9.17) is 4.74 Å². The number of likely N-dealkylation sites (tertiary alicyclic amines) is 1. The number of hydrogen-bond acceptors (Lipinski definition) is 6. The number of aromatic nitrogens is 2. The molecule has 1 aromatic carbocycles. The van der Waals surface area contributed by atoms with Gasteiger partial charge in [-0.2, -0.15) is 0 Å². The first-order valence-electron chi connectivity index (χ1n) is 11.7. The van der Waals surface area contributed by atoms with Gasteiger partial charge in [-0.25, -0.2) is 4.98 Å². The molecule has 0 aliphatic carbocycles. The van der Waals surface area contributed by atoms with Gasteiger partial charge in [0.25, 0.3) is 5.91 Å². The molecule has 8 nitrogen and oxygen atoms in total. The van der Waals surface area contributed by atoms with E-state index in [0.717, 1.165) is 38.2 Å². The summed E-state index contributed by atoms with van der Waals surface area (Å²) in [5, 5.41) is 3.16. The third kappa shape index (κ3) is 8.22. The van der Waals surface area contributed by atoms with Gasteiger partial charge in [0.15, 0.2) is 0 Å². The number of hydrogen-bond donors (Lipinski definition) is 1. The van der Waals surface area contributed by atoms with Gasteiger partial charge in [-0.15, -0.1) is 0 Å². The fourth-order valence-electron chi connectivity index (χ4n) is 3.99. The average molecular weight is 454 g/mol. The molecule has 0 bridgehead atoms. The number of rotatable bonds is 11. The van der Waals surface area contributed by atoms with E-state index in [1.54, 1.807) is 18.2 Å². The molecule has 1 aliphatic rings. The van der Waals surface area contributed by atoms with Crippen molar-refractivity contribution in [3.8, 4) is 0 Å². The van der Waals surface area contributed by atoms with Crippen molar-refractivity contribution in [2.24, 2.45) is 0 Å². The van der Waals surface area contributed by atoms with Crippen LogP contribution in [0.4, 0.5) is 0 Å². The van der Waals surface area contributed by atoms with Gasteiger partial charge in [0.1, 0.15) is 5.69 Å². The Morgan fingerprint density at radius 1 is 1.12 bits per heavy atom. The summed E-state index contributed by atoms with van der Waals surface area (Å²) in [4.78, 5) is 37.9. The quantitative estimate of drug-likeness (QED) is 0.526. The second-order valence-corrected chi connectivity index (χ2v) is 8.54. The third-order valence-electron chi connectivity index (χ3n) is 5.87. The van der Waals surface area contributed by atoms with E-state index in [1.165, 1.54) is 11.8 Å². The Morgan fingerprint density at radius 2 is 1.88 bits per heavy atom. The minimum atomic E-state index is -0.208. The number of nitrogens with one attached hydrogen (secondary N) is 1. The minimum absolute atomic E-state index is 0.0176. The van der Waals surface area contributed by atoms with Gasteiger partial charge < -0.3 is 15.0 Å². The van der Waals surface area contributed by atoms with Crippen LogP contribution in [0.3, 0.4) is 0 Å². The monoisotopic (exact) mass is 453 g/mol. The molecular weight excluding hydrogens is 418 g/mol. The van der Waals surface area contributed by atoms with Crippen LogP contribution < -0.4 is 5.32 Å². The van der Waals surface area contributed by atoms with Crippen LogP contribution in [-0.2, 0) is 16.1 Å². The van der Waals surface area contributed by atoms with Crippen LogP contribution in [-0.4, -0.2) is 77.5 Å². The van der Waals surface area contributed by atoms with Gasteiger partial charge in [-0.3, -0.25) is 19.5 Å². The molecule has 1 aromatic heterocycles. The van der Waals surface area contributed by atoms with E-state index in [-0.39, 0.29) is 24.3 Å². The van der Waals surface area contributed by atoms with Crippen molar-refractivity contribution in [1.82, 2.24) is 25.1 Å². The van der Waals surface area contributed by atoms with E-state index in [0.29, 0.717) is 31.8 Å². The zero-order valence-electron chi connectivity index (χ0n) is 19.7. The normalized spacial score (nSPS) is 14.7. The smallest absolute Gasteiger partial charge is 0.274 e. The highest BCUT2D eigenvalue weighted by atomic mass is 16.5. The topological polar surface area (TPSA) is 87.7 Å². The van der Waals surface area contributed by atoms with E-state index >= 15 is 0 Å². The van der Waals surface area contributed by atoms with Gasteiger partial charge in [0.2, 0.25) is 5.91 Å². The summed E-state index contributed by atoms with van der Waals surface area (Å²) in [6.07, 6.45) is 5.91. The van der Waals surface area contributed by atoms with Crippen molar-refractivity contribution in [3.05, 3.63) is 59.7 Å². The minimum Gasteiger partial charge on any atom is -0.385 e. The molecule has 0 unspecified atom stereocenters. The number of aryl methyl sites for hydroxylation is 1. The fourth-order valence-corrected chi connectivity index (χ4v) is 3.99. The molecule has 1 saturated heterocycles. The Morgan fingerprint density at radius 3 is 2.55 bits per heavy atom. The summed E-state index contributed by atoms with van der Waals surface area (Å²) in [5.41, 5.74) is 2.37. The molecule has 0 atom stereocenters. The van der Waals surface area contributed by atoms with E-state index in [9.17, 15) is 9.59 Å². The first-order valence-corrected chi connectivity index (χ1v) is 11.7. The predicted molar refractivity (Wildman–Crippen MR) is 127 cm³/mol. The lowest BCUT2D eigenvalue weighted by atomic mass is 10.0. The molecule has 178 valence electrons. The lowest BCUT2D eigenvalue weighted by Crippen LogP contribution is -2.45. The van der Waals surface area contributed by atoms with E-state index in [1.807, 2.05) is 13.0 Å². The van der Waals surface area contributed by atoms with Gasteiger partial charge >= 0.3 is 0 Å². The van der Waals surface area contributed by atoms with Crippen molar-refractivity contribution in [1.29, 1.82) is 0 Å². The Labute approximate surface area is 196 Å². The molecule has 2 amide bonds. The van der Waals surface area contributed by atoms with Crippen LogP contribution in [0, 0.1) is 6.92 Å². The van der Waals surface area contributed by atoms with Gasteiger partial charge in [-0.05, 0) is 31.7 Å². The Hall–Kier alpha value is -2.84. The highest BCUT2D eigenvalue weighted by molar-refractivity contribution is 5.92. The molecule has 1 aliphatic heterocycles. The van der Waals surface area contributed by atoms with Gasteiger partial charge in [0.05, 0.1) is 11.9 Å². The molecule has 1 N–H and O–H groups in total. The molecule has 0 saturated carbocycles. The zero-order chi connectivity index (χ0) is 23.5. The number of nitrogens with zero attached hydrogens (tertiary/aromatic N) is 4. The summed E-state index contributed by atoms with van der Waals surface area (Å²) in [6, 6.07) is 10.6. The van der Waals surface area contributed by atoms with Crippen LogP contribution in [0.1, 0.15) is 47.4 Å². The van der Waals surface area contributed by atoms with Crippen molar-refractivity contribution in [3.63, 3.8) is 0 Å². The third-order valence-corrected chi connectivity index (χ3v) is 5.87.